The molecule has 8 heteroatoms. The van der Waals surface area contributed by atoms with E-state index in [0.717, 1.165) is 72.1 Å². The molecule has 190 valence electrons. The van der Waals surface area contributed by atoms with Crippen molar-refractivity contribution in [3.63, 3.8) is 0 Å². The second-order valence-electron chi connectivity index (χ2n) is 10.8. The Morgan fingerprint density at radius 1 is 1.11 bits per heavy atom. The van der Waals surface area contributed by atoms with Crippen LogP contribution in [0.25, 0.3) is 33.6 Å². The molecule has 37 heavy (non-hydrogen) atoms. The third-order valence-corrected chi connectivity index (χ3v) is 8.01. The van der Waals surface area contributed by atoms with Gasteiger partial charge < -0.3 is 18.9 Å². The van der Waals surface area contributed by atoms with E-state index in [1.54, 1.807) is 6.07 Å². The van der Waals surface area contributed by atoms with Gasteiger partial charge in [0.15, 0.2) is 5.82 Å². The second kappa shape index (κ2) is 8.64. The fourth-order valence-electron chi connectivity index (χ4n) is 5.36. The van der Waals surface area contributed by atoms with Crippen molar-refractivity contribution in [2.24, 2.45) is 5.92 Å². The van der Waals surface area contributed by atoms with Crippen LogP contribution in [0.5, 0.6) is 5.75 Å². The standard InChI is InChI=1S/C29H30N4O4/c1-16(17-5-6-17)36-29(35)30-20-11-9-18(10-12-20)26-25(28-31-27(32-37-28)19-7-8-19)23-14-13-22(34)15-24(23)33(26)21-3-2-4-21/h9-17,19,21,34H,2-8H2,1H3,(H,30,35). The summed E-state index contributed by atoms with van der Waals surface area (Å²) in [5, 5.41) is 18.5. The molecular formula is C29H30N4O4. The van der Waals surface area contributed by atoms with E-state index < -0.39 is 6.09 Å². The third-order valence-electron chi connectivity index (χ3n) is 8.01. The summed E-state index contributed by atoms with van der Waals surface area (Å²) in [5.74, 6) is 2.38. The van der Waals surface area contributed by atoms with Gasteiger partial charge in [0.05, 0.1) is 16.8 Å². The molecule has 8 nitrogen and oxygen atoms in total. The molecule has 3 aliphatic carbocycles. The van der Waals surface area contributed by atoms with Gasteiger partial charge in [-0.05, 0) is 87.6 Å². The van der Waals surface area contributed by atoms with Crippen LogP contribution in [0.2, 0.25) is 0 Å². The number of rotatable bonds is 7. The molecule has 1 unspecified atom stereocenters. The number of hydrogen-bond donors (Lipinski definition) is 2. The lowest BCUT2D eigenvalue weighted by molar-refractivity contribution is 0.108. The molecule has 3 fully saturated rings. The van der Waals surface area contributed by atoms with Crippen molar-refractivity contribution < 1.29 is 19.2 Å². The number of nitrogens with one attached hydrogen (secondary N) is 1. The minimum absolute atomic E-state index is 0.0635. The van der Waals surface area contributed by atoms with Gasteiger partial charge >= 0.3 is 6.09 Å². The van der Waals surface area contributed by atoms with E-state index >= 15 is 0 Å². The van der Waals surface area contributed by atoms with Crippen LogP contribution in [0.4, 0.5) is 10.5 Å². The lowest BCUT2D eigenvalue weighted by atomic mass is 9.92. The Labute approximate surface area is 214 Å². The first kappa shape index (κ1) is 22.4. The molecule has 0 spiro atoms. The number of benzene rings is 2. The summed E-state index contributed by atoms with van der Waals surface area (Å²) in [7, 11) is 0. The molecule has 0 radical (unpaired) electrons. The van der Waals surface area contributed by atoms with E-state index in [4.69, 9.17) is 14.2 Å². The maximum absolute atomic E-state index is 12.4. The van der Waals surface area contributed by atoms with Gasteiger partial charge in [0.1, 0.15) is 11.9 Å². The molecule has 2 aromatic carbocycles. The number of anilines is 1. The molecule has 3 aliphatic rings. The number of amides is 1. The molecule has 2 heterocycles. The van der Waals surface area contributed by atoms with Crippen LogP contribution in [-0.2, 0) is 4.74 Å². The number of carbonyl (C=O) groups is 1. The Balaban J connectivity index is 1.29. The number of carbonyl (C=O) groups excluding carboxylic acids is 1. The number of phenolic OH excluding ortho intramolecular Hbond substituents is 1. The zero-order chi connectivity index (χ0) is 25.1. The monoisotopic (exact) mass is 498 g/mol. The zero-order valence-corrected chi connectivity index (χ0v) is 20.8. The molecule has 1 atom stereocenters. The molecule has 4 aromatic rings. The normalized spacial score (nSPS) is 18.5. The topological polar surface area (TPSA) is 102 Å². The highest BCUT2D eigenvalue weighted by atomic mass is 16.6. The average Bonchev–Trinajstić information content (AvgIpc) is 3.79. The van der Waals surface area contributed by atoms with Gasteiger partial charge in [-0.1, -0.05) is 17.3 Å². The summed E-state index contributed by atoms with van der Waals surface area (Å²) in [6, 6.07) is 13.6. The maximum atomic E-state index is 12.4. The highest BCUT2D eigenvalue weighted by Gasteiger charge is 2.33. The van der Waals surface area contributed by atoms with Crippen molar-refractivity contribution in [3.05, 3.63) is 48.3 Å². The number of hydrogen-bond acceptors (Lipinski definition) is 6. The average molecular weight is 499 g/mol. The van der Waals surface area contributed by atoms with E-state index in [0.29, 0.717) is 29.5 Å². The zero-order valence-electron chi connectivity index (χ0n) is 20.8. The van der Waals surface area contributed by atoms with E-state index in [1.165, 1.54) is 6.42 Å². The maximum Gasteiger partial charge on any atom is 0.411 e. The molecule has 2 aromatic heterocycles. The van der Waals surface area contributed by atoms with Gasteiger partial charge in [0.2, 0.25) is 0 Å². The van der Waals surface area contributed by atoms with Crippen molar-refractivity contribution in [1.82, 2.24) is 14.7 Å². The second-order valence-corrected chi connectivity index (χ2v) is 10.8. The predicted octanol–water partition coefficient (Wildman–Crippen LogP) is 7.01. The summed E-state index contributed by atoms with van der Waals surface area (Å²) in [6.07, 6.45) is 7.29. The van der Waals surface area contributed by atoms with Crippen LogP contribution in [-0.4, -0.2) is 32.0 Å². The van der Waals surface area contributed by atoms with Crippen molar-refractivity contribution in [3.8, 4) is 28.5 Å². The highest BCUT2D eigenvalue weighted by molar-refractivity contribution is 6.03. The number of phenols is 1. The van der Waals surface area contributed by atoms with E-state index in [2.05, 4.69) is 15.0 Å². The first-order valence-electron chi connectivity index (χ1n) is 13.3. The summed E-state index contributed by atoms with van der Waals surface area (Å²) < 4.78 is 13.7. The highest BCUT2D eigenvalue weighted by Crippen LogP contribution is 2.48. The van der Waals surface area contributed by atoms with Crippen LogP contribution in [0.3, 0.4) is 0 Å². The molecule has 3 saturated carbocycles. The van der Waals surface area contributed by atoms with Crippen molar-refractivity contribution >= 4 is 22.7 Å². The third kappa shape index (κ3) is 4.14. The lowest BCUT2D eigenvalue weighted by Gasteiger charge is -2.30. The molecular weight excluding hydrogens is 468 g/mol. The van der Waals surface area contributed by atoms with Gasteiger partial charge in [-0.2, -0.15) is 4.98 Å². The smallest absolute Gasteiger partial charge is 0.411 e. The summed E-state index contributed by atoms with van der Waals surface area (Å²) >= 11 is 0. The largest absolute Gasteiger partial charge is 0.508 e. The van der Waals surface area contributed by atoms with Crippen LogP contribution < -0.4 is 5.32 Å². The van der Waals surface area contributed by atoms with Crippen LogP contribution in [0.15, 0.2) is 47.0 Å². The van der Waals surface area contributed by atoms with Gasteiger partial charge in [-0.25, -0.2) is 4.79 Å². The minimum atomic E-state index is -0.426. The summed E-state index contributed by atoms with van der Waals surface area (Å²) in [6.45, 7) is 1.95. The van der Waals surface area contributed by atoms with Gasteiger partial charge in [0, 0.05) is 29.1 Å². The summed E-state index contributed by atoms with van der Waals surface area (Å²) in [4.78, 5) is 17.2. The Kier molecular flexibility index (Phi) is 5.23. The minimum Gasteiger partial charge on any atom is -0.508 e. The Hall–Kier alpha value is -3.81. The predicted molar refractivity (Wildman–Crippen MR) is 139 cm³/mol. The van der Waals surface area contributed by atoms with Crippen molar-refractivity contribution in [1.29, 1.82) is 0 Å². The number of aromatic nitrogens is 3. The number of nitrogens with zero attached hydrogens (tertiary/aromatic N) is 3. The van der Waals surface area contributed by atoms with E-state index in [-0.39, 0.29) is 11.9 Å². The van der Waals surface area contributed by atoms with Crippen molar-refractivity contribution in [2.75, 3.05) is 5.32 Å². The fraction of sp³-hybridized carbons (Fsp3) is 0.414. The van der Waals surface area contributed by atoms with Crippen LogP contribution >= 0.6 is 0 Å². The quantitative estimate of drug-likeness (QED) is 0.284. The molecule has 0 saturated heterocycles. The Bertz CT molecular complexity index is 1480. The van der Waals surface area contributed by atoms with Crippen LogP contribution in [0, 0.1) is 5.92 Å². The van der Waals surface area contributed by atoms with Gasteiger partial charge in [-0.15, -0.1) is 0 Å². The van der Waals surface area contributed by atoms with Crippen molar-refractivity contribution in [2.45, 2.75) is 69.9 Å². The van der Waals surface area contributed by atoms with Gasteiger partial charge in [-0.3, -0.25) is 5.32 Å². The van der Waals surface area contributed by atoms with E-state index in [9.17, 15) is 9.90 Å². The van der Waals surface area contributed by atoms with E-state index in [1.807, 2.05) is 43.3 Å². The first-order chi connectivity index (χ1) is 18.0. The SMILES string of the molecule is CC(OC(=O)Nc1ccc(-c2c(-c3nc(C4CC4)no3)c3ccc(O)cc3n2C2CCC2)cc1)C1CC1. The molecule has 0 bridgehead atoms. The van der Waals surface area contributed by atoms with Crippen LogP contribution in [0.1, 0.15) is 69.7 Å². The Morgan fingerprint density at radius 3 is 2.57 bits per heavy atom. The molecule has 0 aliphatic heterocycles. The molecule has 1 amide bonds. The number of aromatic hydroxyl groups is 1. The number of ether oxygens (including phenoxy) is 1. The Morgan fingerprint density at radius 2 is 1.89 bits per heavy atom. The summed E-state index contributed by atoms with van der Waals surface area (Å²) in [5.41, 5.74) is 4.50. The number of fused-ring (bicyclic) bond motifs is 1. The lowest BCUT2D eigenvalue weighted by Crippen LogP contribution is -2.21. The molecule has 2 N–H and O–H groups in total. The molecule has 7 rings (SSSR count). The first-order valence-corrected chi connectivity index (χ1v) is 13.3. The fourth-order valence-corrected chi connectivity index (χ4v) is 5.36. The van der Waals surface area contributed by atoms with Gasteiger partial charge in [0.25, 0.3) is 5.89 Å².